The first-order valence-corrected chi connectivity index (χ1v) is 10.4. The first-order valence-electron chi connectivity index (χ1n) is 8.05. The number of benzene rings is 2. The van der Waals surface area contributed by atoms with Crippen molar-refractivity contribution >= 4 is 85.3 Å². The minimum absolute atomic E-state index is 0.0717. The summed E-state index contributed by atoms with van der Waals surface area (Å²) in [6.07, 6.45) is -1.23. The third-order valence-corrected chi connectivity index (χ3v) is 5.20. The lowest BCUT2D eigenvalue weighted by Crippen LogP contribution is -2.56. The Morgan fingerprint density at radius 2 is 1.90 bits per heavy atom. The fourth-order valence-electron chi connectivity index (χ4n) is 2.25. The van der Waals surface area contributed by atoms with Gasteiger partial charge in [0.1, 0.15) is 11.9 Å². The Hall–Kier alpha value is -1.85. The molecule has 0 aliphatic rings. The molecule has 2 aromatic rings. The van der Waals surface area contributed by atoms with Crippen LogP contribution in [0.15, 0.2) is 46.9 Å². The van der Waals surface area contributed by atoms with Gasteiger partial charge in [0, 0.05) is 16.6 Å². The molecule has 0 aromatic heterocycles. The van der Waals surface area contributed by atoms with Gasteiger partial charge in [-0.25, -0.2) is 0 Å². The summed E-state index contributed by atoms with van der Waals surface area (Å²) in [5.41, 5.74) is 0.350. The number of nitro benzene ring substituents is 1. The van der Waals surface area contributed by atoms with Crippen LogP contribution in [0.4, 0.5) is 11.4 Å². The van der Waals surface area contributed by atoms with E-state index in [-0.39, 0.29) is 16.5 Å². The monoisotopic (exact) mass is 554 g/mol. The van der Waals surface area contributed by atoms with Gasteiger partial charge >= 0.3 is 0 Å². The van der Waals surface area contributed by atoms with Crippen molar-refractivity contribution < 1.29 is 14.5 Å². The zero-order chi connectivity index (χ0) is 22.5. The van der Waals surface area contributed by atoms with Gasteiger partial charge in [0.05, 0.1) is 23.3 Å². The van der Waals surface area contributed by atoms with E-state index in [4.69, 9.17) is 51.8 Å². The predicted octanol–water partition coefficient (Wildman–Crippen LogP) is 4.78. The van der Waals surface area contributed by atoms with Crippen molar-refractivity contribution in [1.29, 1.82) is 0 Å². The average Bonchev–Trinajstić information content (AvgIpc) is 2.66. The van der Waals surface area contributed by atoms with Crippen LogP contribution < -0.4 is 20.7 Å². The van der Waals surface area contributed by atoms with Gasteiger partial charge in [-0.15, -0.1) is 0 Å². The highest BCUT2D eigenvalue weighted by atomic mass is 79.9. The van der Waals surface area contributed by atoms with Crippen LogP contribution in [0.5, 0.6) is 5.75 Å². The first kappa shape index (κ1) is 24.4. The highest BCUT2D eigenvalue weighted by molar-refractivity contribution is 9.10. The zero-order valence-corrected chi connectivity index (χ0v) is 19.8. The molecule has 0 unspecified atom stereocenters. The second-order valence-electron chi connectivity index (χ2n) is 5.67. The topological polar surface area (TPSA) is 106 Å². The molecule has 8 nitrogen and oxygen atoms in total. The van der Waals surface area contributed by atoms with E-state index in [1.54, 1.807) is 24.3 Å². The summed E-state index contributed by atoms with van der Waals surface area (Å²) in [7, 11) is 1.39. The highest BCUT2D eigenvalue weighted by Gasteiger charge is 2.35. The summed E-state index contributed by atoms with van der Waals surface area (Å²) in [6.45, 7) is 0. The SMILES string of the molecule is COc1ccc([N+](=O)[O-])cc1NC(=S)N[C@@H](NC(=O)c1ccccc1Br)C(Cl)(Cl)Cl. The molecule has 1 amide bonds. The molecule has 0 spiro atoms. The van der Waals surface area contributed by atoms with E-state index in [1.165, 1.54) is 25.3 Å². The Morgan fingerprint density at radius 1 is 1.23 bits per heavy atom. The predicted molar refractivity (Wildman–Crippen MR) is 125 cm³/mol. The number of anilines is 1. The van der Waals surface area contributed by atoms with Gasteiger partial charge in [0.25, 0.3) is 11.6 Å². The van der Waals surface area contributed by atoms with Crippen molar-refractivity contribution in [3.8, 4) is 5.75 Å². The number of nitrogens with one attached hydrogen (secondary N) is 3. The molecule has 0 fully saturated rings. The van der Waals surface area contributed by atoms with Gasteiger partial charge in [-0.1, -0.05) is 46.9 Å². The second-order valence-corrected chi connectivity index (χ2v) is 9.30. The Balaban J connectivity index is 2.19. The minimum Gasteiger partial charge on any atom is -0.495 e. The summed E-state index contributed by atoms with van der Waals surface area (Å²) in [5.74, 6) is -0.227. The van der Waals surface area contributed by atoms with E-state index in [9.17, 15) is 14.9 Å². The number of hydrogen-bond donors (Lipinski definition) is 3. The van der Waals surface area contributed by atoms with Crippen molar-refractivity contribution in [3.05, 3.63) is 62.6 Å². The maximum absolute atomic E-state index is 12.6. The van der Waals surface area contributed by atoms with Crippen LogP contribution in [-0.4, -0.2) is 33.0 Å². The fraction of sp³-hybridized carbons (Fsp3) is 0.176. The van der Waals surface area contributed by atoms with Crippen molar-refractivity contribution in [1.82, 2.24) is 10.6 Å². The largest absolute Gasteiger partial charge is 0.495 e. The van der Waals surface area contributed by atoms with Crippen LogP contribution in [0.3, 0.4) is 0 Å². The number of rotatable bonds is 6. The molecule has 0 heterocycles. The summed E-state index contributed by atoms with van der Waals surface area (Å²) in [4.78, 5) is 23.0. The molecular weight excluding hydrogens is 543 g/mol. The quantitative estimate of drug-likeness (QED) is 0.155. The number of alkyl halides is 3. The lowest BCUT2D eigenvalue weighted by molar-refractivity contribution is -0.384. The smallest absolute Gasteiger partial charge is 0.271 e. The Labute approximate surface area is 200 Å². The maximum atomic E-state index is 12.6. The van der Waals surface area contributed by atoms with E-state index in [1.807, 2.05) is 0 Å². The number of hydrogen-bond acceptors (Lipinski definition) is 5. The highest BCUT2D eigenvalue weighted by Crippen LogP contribution is 2.31. The zero-order valence-electron chi connectivity index (χ0n) is 15.1. The van der Waals surface area contributed by atoms with Crippen LogP contribution in [-0.2, 0) is 0 Å². The molecule has 30 heavy (non-hydrogen) atoms. The maximum Gasteiger partial charge on any atom is 0.271 e. The molecule has 0 aliphatic carbocycles. The number of carbonyl (C=O) groups excluding carboxylic acids is 1. The van der Waals surface area contributed by atoms with Crippen LogP contribution in [0.1, 0.15) is 10.4 Å². The van der Waals surface area contributed by atoms with Gasteiger partial charge in [0.15, 0.2) is 5.11 Å². The lowest BCUT2D eigenvalue weighted by atomic mass is 10.2. The Bertz CT molecular complexity index is 974. The van der Waals surface area contributed by atoms with E-state index < -0.39 is 20.8 Å². The molecule has 0 saturated carbocycles. The third-order valence-electron chi connectivity index (χ3n) is 3.64. The Kier molecular flexibility index (Phi) is 8.51. The van der Waals surface area contributed by atoms with E-state index in [0.29, 0.717) is 15.8 Å². The lowest BCUT2D eigenvalue weighted by Gasteiger charge is -2.28. The van der Waals surface area contributed by atoms with Gasteiger partial charge in [-0.2, -0.15) is 0 Å². The number of halogens is 4. The number of nitrogens with zero attached hydrogens (tertiary/aromatic N) is 1. The normalized spacial score (nSPS) is 11.9. The van der Waals surface area contributed by atoms with Crippen molar-refractivity contribution in [2.45, 2.75) is 9.96 Å². The fourth-order valence-corrected chi connectivity index (χ4v) is 3.27. The van der Waals surface area contributed by atoms with Gasteiger partial charge in [-0.05, 0) is 46.3 Å². The molecule has 0 bridgehead atoms. The first-order chi connectivity index (χ1) is 14.0. The molecule has 160 valence electrons. The minimum atomic E-state index is -1.98. The number of carbonyl (C=O) groups is 1. The standard InChI is InChI=1S/C17H14BrCl3N4O4S/c1-29-13-7-6-9(25(27)28)8-12(13)22-16(30)24-15(17(19,20)21)23-14(26)10-4-2-3-5-11(10)18/h2-8,15H,1H3,(H,23,26)(H2,22,24,30)/t15-/m1/s1. The molecule has 2 rings (SSSR count). The number of amides is 1. The van der Waals surface area contributed by atoms with Gasteiger partial charge in [0.2, 0.25) is 3.79 Å². The third kappa shape index (κ3) is 6.58. The molecular formula is C17H14BrCl3N4O4S. The second kappa shape index (κ2) is 10.5. The van der Waals surface area contributed by atoms with Gasteiger partial charge in [-0.3, -0.25) is 14.9 Å². The van der Waals surface area contributed by atoms with Crippen LogP contribution in [0, 0.1) is 10.1 Å². The molecule has 0 saturated heterocycles. The molecule has 13 heteroatoms. The molecule has 2 aromatic carbocycles. The van der Waals surface area contributed by atoms with E-state index >= 15 is 0 Å². The van der Waals surface area contributed by atoms with Crippen LogP contribution in [0.25, 0.3) is 0 Å². The van der Waals surface area contributed by atoms with E-state index in [2.05, 4.69) is 31.9 Å². The number of methoxy groups -OCH3 is 1. The Morgan fingerprint density at radius 3 is 2.47 bits per heavy atom. The van der Waals surface area contributed by atoms with Crippen LogP contribution >= 0.6 is 63.0 Å². The number of ether oxygens (including phenoxy) is 1. The molecule has 3 N–H and O–H groups in total. The molecule has 0 aliphatic heterocycles. The van der Waals surface area contributed by atoms with Gasteiger partial charge < -0.3 is 20.7 Å². The molecule has 1 atom stereocenters. The summed E-state index contributed by atoms with van der Waals surface area (Å²) >= 11 is 26.4. The van der Waals surface area contributed by atoms with Crippen molar-refractivity contribution in [2.24, 2.45) is 0 Å². The number of nitro groups is 1. The van der Waals surface area contributed by atoms with E-state index in [0.717, 1.165) is 0 Å². The van der Waals surface area contributed by atoms with Crippen molar-refractivity contribution in [3.63, 3.8) is 0 Å². The summed E-state index contributed by atoms with van der Waals surface area (Å²) < 4.78 is 3.74. The average molecular weight is 557 g/mol. The number of non-ortho nitro benzene ring substituents is 1. The van der Waals surface area contributed by atoms with Crippen molar-refractivity contribution in [2.75, 3.05) is 12.4 Å². The van der Waals surface area contributed by atoms with Crippen LogP contribution in [0.2, 0.25) is 0 Å². The molecule has 0 radical (unpaired) electrons. The summed E-state index contributed by atoms with van der Waals surface area (Å²) in [5, 5.41) is 18.9. The summed E-state index contributed by atoms with van der Waals surface area (Å²) in [6, 6.07) is 10.6. The number of thiocarbonyl (C=S) groups is 1.